The number of rotatable bonds is 4. The Labute approximate surface area is 111 Å². The molecule has 1 atom stereocenters. The van der Waals surface area contributed by atoms with Gasteiger partial charge in [0.25, 0.3) is 0 Å². The van der Waals surface area contributed by atoms with Crippen LogP contribution < -0.4 is 5.32 Å². The highest BCUT2D eigenvalue weighted by Gasteiger charge is 2.13. The number of hydrogen-bond acceptors (Lipinski definition) is 2. The van der Waals surface area contributed by atoms with E-state index in [-0.39, 0.29) is 6.04 Å². The fourth-order valence-corrected chi connectivity index (χ4v) is 2.98. The van der Waals surface area contributed by atoms with Crippen LogP contribution in [-0.4, -0.2) is 7.05 Å². The molecule has 0 saturated heterocycles. The van der Waals surface area contributed by atoms with Crippen molar-refractivity contribution in [3.05, 3.63) is 56.7 Å². The lowest BCUT2D eigenvalue weighted by atomic mass is 9.99. The van der Waals surface area contributed by atoms with Gasteiger partial charge in [0, 0.05) is 11.1 Å². The summed E-state index contributed by atoms with van der Waals surface area (Å²) in [5, 5.41) is 8.48. The SMILES string of the molecule is CNC(Cc1ccsc1)c1ccc(C)cc1Cl. The Kier molecular flexibility index (Phi) is 4.21. The largest absolute Gasteiger partial charge is 0.313 e. The Morgan fingerprint density at radius 1 is 1.35 bits per heavy atom. The topological polar surface area (TPSA) is 12.0 Å². The van der Waals surface area contributed by atoms with Gasteiger partial charge in [0.15, 0.2) is 0 Å². The summed E-state index contributed by atoms with van der Waals surface area (Å²) < 4.78 is 0. The van der Waals surface area contributed by atoms with Crippen molar-refractivity contribution in [2.45, 2.75) is 19.4 Å². The Morgan fingerprint density at radius 2 is 2.18 bits per heavy atom. The number of hydrogen-bond donors (Lipinski definition) is 1. The van der Waals surface area contributed by atoms with Gasteiger partial charge >= 0.3 is 0 Å². The third-order valence-corrected chi connectivity index (χ3v) is 3.96. The Morgan fingerprint density at radius 3 is 2.76 bits per heavy atom. The van der Waals surface area contributed by atoms with Gasteiger partial charge in [0.1, 0.15) is 0 Å². The molecule has 1 nitrogen and oxygen atoms in total. The van der Waals surface area contributed by atoms with Gasteiger partial charge in [-0.15, -0.1) is 0 Å². The molecular formula is C14H16ClNS. The third-order valence-electron chi connectivity index (χ3n) is 2.90. The van der Waals surface area contributed by atoms with Gasteiger partial charge in [-0.05, 0) is 60.0 Å². The molecule has 0 saturated carbocycles. The Hall–Kier alpha value is -0.830. The van der Waals surface area contributed by atoms with E-state index in [0.717, 1.165) is 11.4 Å². The van der Waals surface area contributed by atoms with E-state index >= 15 is 0 Å². The van der Waals surface area contributed by atoms with Crippen LogP contribution in [0.3, 0.4) is 0 Å². The zero-order chi connectivity index (χ0) is 12.3. The molecule has 2 rings (SSSR count). The minimum atomic E-state index is 0.276. The van der Waals surface area contributed by atoms with E-state index in [9.17, 15) is 0 Å². The molecule has 0 amide bonds. The number of halogens is 1. The highest BCUT2D eigenvalue weighted by atomic mass is 35.5. The van der Waals surface area contributed by atoms with Crippen LogP contribution in [0.25, 0.3) is 0 Å². The monoisotopic (exact) mass is 265 g/mol. The first-order chi connectivity index (χ1) is 8.20. The van der Waals surface area contributed by atoms with Crippen LogP contribution in [-0.2, 0) is 6.42 Å². The number of aryl methyl sites for hydroxylation is 1. The molecule has 0 spiro atoms. The van der Waals surface area contributed by atoms with E-state index in [0.29, 0.717) is 0 Å². The van der Waals surface area contributed by atoms with Gasteiger partial charge in [0.2, 0.25) is 0 Å². The zero-order valence-corrected chi connectivity index (χ0v) is 11.6. The highest BCUT2D eigenvalue weighted by molar-refractivity contribution is 7.07. The molecule has 1 unspecified atom stereocenters. The van der Waals surface area contributed by atoms with E-state index in [2.05, 4.69) is 41.2 Å². The maximum Gasteiger partial charge on any atom is 0.0456 e. The van der Waals surface area contributed by atoms with E-state index in [1.54, 1.807) is 11.3 Å². The second-order valence-corrected chi connectivity index (χ2v) is 5.39. The van der Waals surface area contributed by atoms with Crippen molar-refractivity contribution in [3.8, 4) is 0 Å². The smallest absolute Gasteiger partial charge is 0.0456 e. The van der Waals surface area contributed by atoms with Gasteiger partial charge < -0.3 is 5.32 Å². The van der Waals surface area contributed by atoms with Crippen molar-refractivity contribution in [2.24, 2.45) is 0 Å². The fourth-order valence-electron chi connectivity index (χ4n) is 1.93. The van der Waals surface area contributed by atoms with Gasteiger partial charge in [-0.1, -0.05) is 23.7 Å². The minimum Gasteiger partial charge on any atom is -0.313 e. The molecule has 1 aromatic carbocycles. The van der Waals surface area contributed by atoms with E-state index in [1.165, 1.54) is 16.7 Å². The van der Waals surface area contributed by atoms with Crippen molar-refractivity contribution in [2.75, 3.05) is 7.05 Å². The summed E-state index contributed by atoms with van der Waals surface area (Å²) in [5.74, 6) is 0. The van der Waals surface area contributed by atoms with Crippen LogP contribution in [0, 0.1) is 6.92 Å². The maximum atomic E-state index is 6.31. The quantitative estimate of drug-likeness (QED) is 0.873. The molecular weight excluding hydrogens is 250 g/mol. The maximum absolute atomic E-state index is 6.31. The van der Waals surface area contributed by atoms with Gasteiger partial charge in [-0.2, -0.15) is 11.3 Å². The molecule has 1 heterocycles. The normalized spacial score (nSPS) is 12.6. The van der Waals surface area contributed by atoms with Crippen molar-refractivity contribution in [1.82, 2.24) is 5.32 Å². The summed E-state index contributed by atoms with van der Waals surface area (Å²) in [4.78, 5) is 0. The first-order valence-corrected chi connectivity index (χ1v) is 6.97. The summed E-state index contributed by atoms with van der Waals surface area (Å²) >= 11 is 8.04. The van der Waals surface area contributed by atoms with E-state index < -0.39 is 0 Å². The molecule has 17 heavy (non-hydrogen) atoms. The summed E-state index contributed by atoms with van der Waals surface area (Å²) in [7, 11) is 1.98. The van der Waals surface area contributed by atoms with Crippen LogP contribution in [0.2, 0.25) is 5.02 Å². The molecule has 0 aliphatic rings. The predicted molar refractivity (Wildman–Crippen MR) is 76.0 cm³/mol. The lowest BCUT2D eigenvalue weighted by molar-refractivity contribution is 0.593. The van der Waals surface area contributed by atoms with Crippen molar-refractivity contribution >= 4 is 22.9 Å². The standard InChI is InChI=1S/C14H16ClNS/c1-10-3-4-12(13(15)7-10)14(16-2)8-11-5-6-17-9-11/h3-7,9,14,16H,8H2,1-2H3. The van der Waals surface area contributed by atoms with Crippen LogP contribution >= 0.6 is 22.9 Å². The van der Waals surface area contributed by atoms with Crippen molar-refractivity contribution < 1.29 is 0 Å². The molecule has 2 aromatic rings. The van der Waals surface area contributed by atoms with Crippen LogP contribution in [0.1, 0.15) is 22.7 Å². The minimum absolute atomic E-state index is 0.276. The van der Waals surface area contributed by atoms with E-state index in [4.69, 9.17) is 11.6 Å². The molecule has 0 fully saturated rings. The molecule has 0 radical (unpaired) electrons. The Bertz CT molecular complexity index is 479. The van der Waals surface area contributed by atoms with Crippen molar-refractivity contribution in [1.29, 1.82) is 0 Å². The zero-order valence-electron chi connectivity index (χ0n) is 10.0. The number of thiophene rings is 1. The third kappa shape index (κ3) is 3.09. The van der Waals surface area contributed by atoms with Crippen LogP contribution in [0.5, 0.6) is 0 Å². The van der Waals surface area contributed by atoms with Crippen LogP contribution in [0.15, 0.2) is 35.0 Å². The highest BCUT2D eigenvalue weighted by Crippen LogP contribution is 2.27. The first-order valence-electron chi connectivity index (χ1n) is 5.65. The average molecular weight is 266 g/mol. The molecule has 1 N–H and O–H groups in total. The second kappa shape index (κ2) is 5.67. The lowest BCUT2D eigenvalue weighted by Gasteiger charge is -2.17. The number of likely N-dealkylation sites (N-methyl/N-ethyl adjacent to an activating group) is 1. The Balaban J connectivity index is 2.23. The molecule has 0 aliphatic heterocycles. The molecule has 1 aromatic heterocycles. The predicted octanol–water partition coefficient (Wildman–Crippen LogP) is 4.21. The second-order valence-electron chi connectivity index (χ2n) is 4.20. The molecule has 0 bridgehead atoms. The summed E-state index contributed by atoms with van der Waals surface area (Å²) in [5.41, 5.74) is 3.72. The summed E-state index contributed by atoms with van der Waals surface area (Å²) in [6, 6.07) is 8.69. The average Bonchev–Trinajstić information content (AvgIpc) is 2.79. The number of benzene rings is 1. The summed E-state index contributed by atoms with van der Waals surface area (Å²) in [6.45, 7) is 2.06. The van der Waals surface area contributed by atoms with Crippen molar-refractivity contribution in [3.63, 3.8) is 0 Å². The summed E-state index contributed by atoms with van der Waals surface area (Å²) in [6.07, 6.45) is 0.975. The molecule has 0 aliphatic carbocycles. The number of nitrogens with one attached hydrogen (secondary N) is 1. The van der Waals surface area contributed by atoms with Gasteiger partial charge in [-0.3, -0.25) is 0 Å². The fraction of sp³-hybridized carbons (Fsp3) is 0.286. The van der Waals surface area contributed by atoms with E-state index in [1.807, 2.05) is 13.1 Å². The molecule has 90 valence electrons. The van der Waals surface area contributed by atoms with Crippen LogP contribution in [0.4, 0.5) is 0 Å². The molecule has 3 heteroatoms. The first kappa shape index (κ1) is 12.6. The van der Waals surface area contributed by atoms with Gasteiger partial charge in [0.05, 0.1) is 0 Å². The van der Waals surface area contributed by atoms with Gasteiger partial charge in [-0.25, -0.2) is 0 Å². The lowest BCUT2D eigenvalue weighted by Crippen LogP contribution is -2.19.